The number of benzene rings is 2. The Kier molecular flexibility index (Phi) is 5.83. The van der Waals surface area contributed by atoms with Crippen LogP contribution in [0.3, 0.4) is 0 Å². The lowest BCUT2D eigenvalue weighted by Crippen LogP contribution is -2.48. The van der Waals surface area contributed by atoms with Crippen LogP contribution in [0.5, 0.6) is 0 Å². The number of thioether (sulfide) groups is 1. The highest BCUT2D eigenvalue weighted by molar-refractivity contribution is 8.00. The lowest BCUT2D eigenvalue weighted by molar-refractivity contribution is 0.0203. The van der Waals surface area contributed by atoms with Gasteiger partial charge >= 0.3 is 13.2 Å². The summed E-state index contributed by atoms with van der Waals surface area (Å²) >= 11 is 1.65. The van der Waals surface area contributed by atoms with E-state index in [-0.39, 0.29) is 18.0 Å². The number of aryl methyl sites for hydroxylation is 1. The van der Waals surface area contributed by atoms with Gasteiger partial charge in [-0.1, -0.05) is 18.2 Å². The summed E-state index contributed by atoms with van der Waals surface area (Å²) in [6.45, 7) is 6.15. The molecule has 0 spiro atoms. The average Bonchev–Trinajstić information content (AvgIpc) is 3.07. The van der Waals surface area contributed by atoms with Gasteiger partial charge in [0.15, 0.2) is 0 Å². The minimum absolute atomic E-state index is 0.0743. The maximum Gasteiger partial charge on any atom is 0.488 e. The van der Waals surface area contributed by atoms with Gasteiger partial charge in [-0.3, -0.25) is 0 Å². The molecule has 2 aliphatic rings. The number of hydrogen-bond donors (Lipinski definition) is 2. The van der Waals surface area contributed by atoms with Crippen molar-refractivity contribution in [3.05, 3.63) is 59.4 Å². The van der Waals surface area contributed by atoms with Gasteiger partial charge in [-0.15, -0.1) is 11.8 Å². The van der Waals surface area contributed by atoms with Crippen LogP contribution in [-0.4, -0.2) is 46.3 Å². The van der Waals surface area contributed by atoms with Crippen molar-refractivity contribution in [2.24, 2.45) is 0 Å². The maximum atomic E-state index is 13.5. The summed E-state index contributed by atoms with van der Waals surface area (Å²) in [6.07, 6.45) is 1.88. The summed E-state index contributed by atoms with van der Waals surface area (Å²) in [5.41, 5.74) is 2.03. The van der Waals surface area contributed by atoms with Crippen molar-refractivity contribution < 1.29 is 24.0 Å². The van der Waals surface area contributed by atoms with Crippen molar-refractivity contribution in [1.29, 1.82) is 0 Å². The molecule has 0 aromatic heterocycles. The molecule has 0 saturated carbocycles. The minimum atomic E-state index is -1.52. The maximum absolute atomic E-state index is 13.5. The second-order valence-electron chi connectivity index (χ2n) is 9.21. The smallest absolute Gasteiger partial charge is 0.444 e. The van der Waals surface area contributed by atoms with Crippen LogP contribution in [0.1, 0.15) is 44.7 Å². The molecule has 2 N–H and O–H groups in total. The number of nitrogens with zero attached hydrogens (tertiary/aromatic N) is 1. The first kappa shape index (κ1) is 22.2. The average molecular weight is 443 g/mol. The second-order valence-corrected chi connectivity index (χ2v) is 10.6. The number of amides is 1. The van der Waals surface area contributed by atoms with Crippen molar-refractivity contribution in [2.45, 2.75) is 61.3 Å². The van der Waals surface area contributed by atoms with Crippen LogP contribution in [0.2, 0.25) is 0 Å². The molecule has 2 aromatic carbocycles. The van der Waals surface area contributed by atoms with E-state index in [1.54, 1.807) is 30.0 Å². The van der Waals surface area contributed by atoms with E-state index in [9.17, 15) is 19.2 Å². The van der Waals surface area contributed by atoms with Gasteiger partial charge in [0.1, 0.15) is 11.4 Å². The monoisotopic (exact) mass is 443 g/mol. The zero-order valence-electron chi connectivity index (χ0n) is 18.0. The molecule has 0 radical (unpaired) electrons. The first-order chi connectivity index (χ1) is 14.6. The number of carbonyl (C=O) groups excluding carboxylic acids is 1. The first-order valence-electron chi connectivity index (χ1n) is 10.5. The van der Waals surface area contributed by atoms with E-state index in [2.05, 4.69) is 0 Å². The third-order valence-corrected chi connectivity index (χ3v) is 7.52. The quantitative estimate of drug-likeness (QED) is 0.712. The van der Waals surface area contributed by atoms with Gasteiger partial charge in [0.25, 0.3) is 0 Å². The zero-order valence-corrected chi connectivity index (χ0v) is 18.8. The van der Waals surface area contributed by atoms with Crippen LogP contribution in [0.25, 0.3) is 0 Å². The second kappa shape index (κ2) is 8.15. The van der Waals surface area contributed by atoms with Gasteiger partial charge in [0.2, 0.25) is 0 Å². The van der Waals surface area contributed by atoms with Gasteiger partial charge in [0.05, 0.1) is 10.8 Å². The fourth-order valence-corrected chi connectivity index (χ4v) is 6.25. The van der Waals surface area contributed by atoms with E-state index in [0.29, 0.717) is 12.0 Å². The van der Waals surface area contributed by atoms with Crippen molar-refractivity contribution in [3.63, 3.8) is 0 Å². The highest BCUT2D eigenvalue weighted by Crippen LogP contribution is 2.56. The minimum Gasteiger partial charge on any atom is -0.444 e. The fraction of sp³-hybridized carbons (Fsp3) is 0.435. The van der Waals surface area contributed by atoms with E-state index in [1.807, 2.05) is 37.8 Å². The molecule has 2 atom stereocenters. The fourth-order valence-electron chi connectivity index (χ4n) is 4.68. The molecule has 1 saturated heterocycles. The van der Waals surface area contributed by atoms with Gasteiger partial charge < -0.3 is 19.7 Å². The molecular weight excluding hydrogens is 416 g/mol. The number of likely N-dealkylation sites (tertiary alicyclic amines) is 1. The summed E-state index contributed by atoms with van der Waals surface area (Å²) in [4.78, 5) is 15.7. The Hall–Kier alpha value is -2.03. The number of fused-ring (bicyclic) bond motifs is 3. The van der Waals surface area contributed by atoms with Crippen LogP contribution in [-0.2, 0) is 15.9 Å². The molecule has 1 amide bonds. The third kappa shape index (κ3) is 4.34. The molecule has 1 heterocycles. The first-order valence-corrected chi connectivity index (χ1v) is 11.3. The molecule has 164 valence electrons. The van der Waals surface area contributed by atoms with Crippen LogP contribution in [0.15, 0.2) is 47.4 Å². The summed E-state index contributed by atoms with van der Waals surface area (Å²) < 4.78 is 18.8. The lowest BCUT2D eigenvalue weighted by atomic mass is 9.73. The van der Waals surface area contributed by atoms with E-state index in [1.165, 1.54) is 12.1 Å². The lowest BCUT2D eigenvalue weighted by Gasteiger charge is -2.43. The number of ether oxygens (including phenoxy) is 1. The summed E-state index contributed by atoms with van der Waals surface area (Å²) in [6, 6.07) is 11.9. The van der Waals surface area contributed by atoms with Crippen LogP contribution in [0, 0.1) is 5.82 Å². The topological polar surface area (TPSA) is 70.0 Å². The third-order valence-electron chi connectivity index (χ3n) is 5.95. The Labute approximate surface area is 186 Å². The Bertz CT molecular complexity index is 979. The number of halogens is 1. The van der Waals surface area contributed by atoms with Crippen molar-refractivity contribution in [2.75, 3.05) is 6.54 Å². The summed E-state index contributed by atoms with van der Waals surface area (Å²) in [5.74, 6) is -0.286. The van der Waals surface area contributed by atoms with Gasteiger partial charge in [-0.2, -0.15) is 0 Å². The van der Waals surface area contributed by atoms with E-state index in [0.717, 1.165) is 35.3 Å². The summed E-state index contributed by atoms with van der Waals surface area (Å²) in [7, 11) is -1.52. The molecule has 1 aliphatic heterocycles. The van der Waals surface area contributed by atoms with Crippen LogP contribution in [0.4, 0.5) is 9.18 Å². The highest BCUT2D eigenvalue weighted by atomic mass is 32.2. The summed E-state index contributed by atoms with van der Waals surface area (Å²) in [5, 5.41) is 19.2. The molecule has 2 unspecified atom stereocenters. The van der Waals surface area contributed by atoms with E-state index < -0.39 is 17.5 Å². The SMILES string of the molecule is CC(C)(C)OC(=O)N1CCC2(Sc3ccc(F)cc3)c3ccc(B(O)O)cc3CCC12. The molecule has 5 nitrogen and oxygen atoms in total. The van der Waals surface area contributed by atoms with Crippen LogP contribution >= 0.6 is 11.8 Å². The van der Waals surface area contributed by atoms with Crippen molar-refractivity contribution in [3.8, 4) is 0 Å². The van der Waals surface area contributed by atoms with Gasteiger partial charge in [0, 0.05) is 11.4 Å². The van der Waals surface area contributed by atoms with Crippen molar-refractivity contribution >= 4 is 30.4 Å². The predicted molar refractivity (Wildman–Crippen MR) is 120 cm³/mol. The standard InChI is InChI=1S/C23H27BFNO4S/c1-22(2,3)30-21(27)26-13-12-23(31-18-8-6-17(25)7-9-18)19-10-5-16(24(28)29)14-15(19)4-11-20(23)26/h5-10,14,20,28-29H,4,11-13H2,1-3H3. The Morgan fingerprint density at radius 3 is 2.58 bits per heavy atom. The Morgan fingerprint density at radius 1 is 1.23 bits per heavy atom. The molecule has 1 aliphatic carbocycles. The number of rotatable bonds is 3. The predicted octanol–water partition coefficient (Wildman–Crippen LogP) is 3.45. The largest absolute Gasteiger partial charge is 0.488 e. The highest BCUT2D eigenvalue weighted by Gasteiger charge is 2.54. The molecule has 8 heteroatoms. The molecule has 31 heavy (non-hydrogen) atoms. The Balaban J connectivity index is 1.75. The normalized spacial score (nSPS) is 22.6. The van der Waals surface area contributed by atoms with Gasteiger partial charge in [-0.25, -0.2) is 9.18 Å². The molecule has 2 aromatic rings. The zero-order chi connectivity index (χ0) is 22.4. The van der Waals surface area contributed by atoms with Crippen molar-refractivity contribution in [1.82, 2.24) is 4.90 Å². The van der Waals surface area contributed by atoms with Crippen LogP contribution < -0.4 is 5.46 Å². The van der Waals surface area contributed by atoms with E-state index >= 15 is 0 Å². The molecule has 4 rings (SSSR count). The Morgan fingerprint density at radius 2 is 1.94 bits per heavy atom. The molecule has 0 bridgehead atoms. The number of hydrogen-bond acceptors (Lipinski definition) is 5. The molecule has 1 fully saturated rings. The number of carbonyl (C=O) groups is 1. The van der Waals surface area contributed by atoms with Gasteiger partial charge in [-0.05, 0) is 80.9 Å². The van der Waals surface area contributed by atoms with E-state index in [4.69, 9.17) is 4.74 Å². The molecular formula is C23H27BFNO4S.